The molecular formula is C13H27N. The maximum Gasteiger partial charge on any atom is 0.00978 e. The molecule has 84 valence electrons. The van der Waals surface area contributed by atoms with Crippen LogP contribution in [0.1, 0.15) is 53.4 Å². The second-order valence-corrected chi connectivity index (χ2v) is 5.67. The van der Waals surface area contributed by atoms with Crippen molar-refractivity contribution in [3.63, 3.8) is 0 Å². The van der Waals surface area contributed by atoms with E-state index in [0.29, 0.717) is 0 Å². The molecule has 1 fully saturated rings. The molecule has 0 N–H and O–H groups in total. The summed E-state index contributed by atoms with van der Waals surface area (Å²) in [6.45, 7) is 12.0. The second kappa shape index (κ2) is 5.75. The lowest BCUT2D eigenvalue weighted by atomic mass is 9.93. The standard InChI is InChI=1S/C13H27N/c1-11(2)9-13-7-5-6-8-14(13)10-12(3)4/h11-13H,5-10H2,1-4H3. The Morgan fingerprint density at radius 2 is 1.79 bits per heavy atom. The molecule has 1 aliphatic rings. The fourth-order valence-corrected chi connectivity index (χ4v) is 2.58. The zero-order valence-electron chi connectivity index (χ0n) is 10.4. The van der Waals surface area contributed by atoms with Gasteiger partial charge in [-0.15, -0.1) is 0 Å². The van der Waals surface area contributed by atoms with Crippen molar-refractivity contribution in [3.8, 4) is 0 Å². The largest absolute Gasteiger partial charge is 0.300 e. The van der Waals surface area contributed by atoms with E-state index in [1.54, 1.807) is 0 Å². The molecule has 0 radical (unpaired) electrons. The van der Waals surface area contributed by atoms with Gasteiger partial charge in [0, 0.05) is 12.6 Å². The Bertz CT molecular complexity index is 133. The van der Waals surface area contributed by atoms with Crippen LogP contribution in [0.3, 0.4) is 0 Å². The van der Waals surface area contributed by atoms with E-state index in [-0.39, 0.29) is 0 Å². The van der Waals surface area contributed by atoms with Crippen LogP contribution in [-0.4, -0.2) is 24.0 Å². The topological polar surface area (TPSA) is 3.24 Å². The molecule has 1 aliphatic heterocycles. The summed E-state index contributed by atoms with van der Waals surface area (Å²) >= 11 is 0. The monoisotopic (exact) mass is 197 g/mol. The first-order valence-corrected chi connectivity index (χ1v) is 6.33. The summed E-state index contributed by atoms with van der Waals surface area (Å²) < 4.78 is 0. The van der Waals surface area contributed by atoms with Crippen LogP contribution in [0, 0.1) is 11.8 Å². The maximum atomic E-state index is 2.73. The van der Waals surface area contributed by atoms with Gasteiger partial charge in [-0.25, -0.2) is 0 Å². The molecule has 0 aromatic heterocycles. The molecule has 0 saturated carbocycles. The summed E-state index contributed by atoms with van der Waals surface area (Å²) in [7, 11) is 0. The van der Waals surface area contributed by atoms with Crippen molar-refractivity contribution in [2.75, 3.05) is 13.1 Å². The second-order valence-electron chi connectivity index (χ2n) is 5.67. The van der Waals surface area contributed by atoms with Crippen LogP contribution in [0.25, 0.3) is 0 Å². The Morgan fingerprint density at radius 3 is 2.36 bits per heavy atom. The Balaban J connectivity index is 2.41. The molecule has 0 amide bonds. The van der Waals surface area contributed by atoms with E-state index in [0.717, 1.165) is 17.9 Å². The third-order valence-electron chi connectivity index (χ3n) is 3.09. The minimum absolute atomic E-state index is 0.822. The normalized spacial score (nSPS) is 24.9. The zero-order chi connectivity index (χ0) is 10.6. The fourth-order valence-electron chi connectivity index (χ4n) is 2.58. The summed E-state index contributed by atoms with van der Waals surface area (Å²) in [5.41, 5.74) is 0. The lowest BCUT2D eigenvalue weighted by molar-refractivity contribution is 0.115. The van der Waals surface area contributed by atoms with Crippen molar-refractivity contribution in [2.24, 2.45) is 11.8 Å². The van der Waals surface area contributed by atoms with E-state index in [4.69, 9.17) is 0 Å². The summed E-state index contributed by atoms with van der Waals surface area (Å²) in [5, 5.41) is 0. The van der Waals surface area contributed by atoms with Gasteiger partial charge < -0.3 is 4.90 Å². The van der Waals surface area contributed by atoms with Gasteiger partial charge in [0.15, 0.2) is 0 Å². The van der Waals surface area contributed by atoms with Crippen molar-refractivity contribution < 1.29 is 0 Å². The number of hydrogen-bond acceptors (Lipinski definition) is 1. The van der Waals surface area contributed by atoms with E-state index in [1.807, 2.05) is 0 Å². The van der Waals surface area contributed by atoms with Gasteiger partial charge >= 0.3 is 0 Å². The molecule has 0 spiro atoms. The quantitative estimate of drug-likeness (QED) is 0.666. The first-order chi connectivity index (χ1) is 6.59. The van der Waals surface area contributed by atoms with Gasteiger partial charge in [-0.3, -0.25) is 0 Å². The fraction of sp³-hybridized carbons (Fsp3) is 1.00. The third kappa shape index (κ3) is 4.00. The predicted octanol–water partition coefficient (Wildman–Crippen LogP) is 3.54. The van der Waals surface area contributed by atoms with Crippen LogP contribution in [0.2, 0.25) is 0 Å². The number of nitrogens with zero attached hydrogens (tertiary/aromatic N) is 1. The highest BCUT2D eigenvalue weighted by atomic mass is 15.2. The molecule has 0 bridgehead atoms. The highest BCUT2D eigenvalue weighted by Crippen LogP contribution is 2.23. The summed E-state index contributed by atoms with van der Waals surface area (Å²) in [5.74, 6) is 1.68. The van der Waals surface area contributed by atoms with Crippen LogP contribution in [0.5, 0.6) is 0 Å². The predicted molar refractivity (Wildman–Crippen MR) is 63.5 cm³/mol. The molecule has 0 aromatic carbocycles. The molecule has 1 unspecified atom stereocenters. The first kappa shape index (κ1) is 12.0. The number of hydrogen-bond donors (Lipinski definition) is 0. The van der Waals surface area contributed by atoms with Crippen LogP contribution in [0.15, 0.2) is 0 Å². The average Bonchev–Trinajstić information content (AvgIpc) is 2.06. The van der Waals surface area contributed by atoms with Gasteiger partial charge in [0.05, 0.1) is 0 Å². The Hall–Kier alpha value is -0.0400. The minimum atomic E-state index is 0.822. The molecule has 1 nitrogen and oxygen atoms in total. The highest BCUT2D eigenvalue weighted by Gasteiger charge is 2.23. The molecular weight excluding hydrogens is 170 g/mol. The number of rotatable bonds is 4. The van der Waals surface area contributed by atoms with Crippen LogP contribution >= 0.6 is 0 Å². The molecule has 0 aliphatic carbocycles. The van der Waals surface area contributed by atoms with Crippen molar-refractivity contribution in [1.82, 2.24) is 4.90 Å². The Morgan fingerprint density at radius 1 is 1.07 bits per heavy atom. The van der Waals surface area contributed by atoms with Gasteiger partial charge in [0.25, 0.3) is 0 Å². The van der Waals surface area contributed by atoms with Crippen molar-refractivity contribution in [1.29, 1.82) is 0 Å². The zero-order valence-corrected chi connectivity index (χ0v) is 10.4. The smallest absolute Gasteiger partial charge is 0.00978 e. The van der Waals surface area contributed by atoms with Crippen molar-refractivity contribution in [2.45, 2.75) is 59.4 Å². The van der Waals surface area contributed by atoms with Gasteiger partial charge in [-0.1, -0.05) is 34.1 Å². The average molecular weight is 197 g/mol. The highest BCUT2D eigenvalue weighted by molar-refractivity contribution is 4.78. The third-order valence-corrected chi connectivity index (χ3v) is 3.09. The van der Waals surface area contributed by atoms with Crippen LogP contribution in [0.4, 0.5) is 0 Å². The molecule has 0 aromatic rings. The minimum Gasteiger partial charge on any atom is -0.300 e. The van der Waals surface area contributed by atoms with Gasteiger partial charge in [-0.2, -0.15) is 0 Å². The van der Waals surface area contributed by atoms with Gasteiger partial charge in [0.1, 0.15) is 0 Å². The Kier molecular flexibility index (Phi) is 4.94. The lowest BCUT2D eigenvalue weighted by Crippen LogP contribution is -2.42. The summed E-state index contributed by atoms with van der Waals surface area (Å²) in [6.07, 6.45) is 5.70. The van der Waals surface area contributed by atoms with E-state index in [1.165, 1.54) is 38.8 Å². The molecule has 1 heteroatoms. The molecule has 1 heterocycles. The number of likely N-dealkylation sites (tertiary alicyclic amines) is 1. The molecule has 14 heavy (non-hydrogen) atoms. The maximum absolute atomic E-state index is 2.73. The van der Waals surface area contributed by atoms with Crippen molar-refractivity contribution >= 4 is 0 Å². The lowest BCUT2D eigenvalue weighted by Gasteiger charge is -2.37. The van der Waals surface area contributed by atoms with E-state index in [2.05, 4.69) is 32.6 Å². The van der Waals surface area contributed by atoms with Gasteiger partial charge in [0.2, 0.25) is 0 Å². The molecule has 1 rings (SSSR count). The van der Waals surface area contributed by atoms with Gasteiger partial charge in [-0.05, 0) is 37.6 Å². The molecule has 1 saturated heterocycles. The summed E-state index contributed by atoms with van der Waals surface area (Å²) in [6, 6.07) is 0.881. The molecule has 1 atom stereocenters. The van der Waals surface area contributed by atoms with E-state index < -0.39 is 0 Å². The first-order valence-electron chi connectivity index (χ1n) is 6.33. The van der Waals surface area contributed by atoms with E-state index >= 15 is 0 Å². The van der Waals surface area contributed by atoms with Crippen LogP contribution < -0.4 is 0 Å². The SMILES string of the molecule is CC(C)CC1CCCCN1CC(C)C. The van der Waals surface area contributed by atoms with Crippen LogP contribution in [-0.2, 0) is 0 Å². The Labute approximate surface area is 89.9 Å². The van der Waals surface area contributed by atoms with Crippen molar-refractivity contribution in [3.05, 3.63) is 0 Å². The van der Waals surface area contributed by atoms with E-state index in [9.17, 15) is 0 Å². The number of piperidine rings is 1. The summed E-state index contributed by atoms with van der Waals surface area (Å²) in [4.78, 5) is 2.73.